The summed E-state index contributed by atoms with van der Waals surface area (Å²) in [4.78, 5) is 12.2. The van der Waals surface area contributed by atoms with Gasteiger partial charge in [-0.25, -0.2) is 9.97 Å². The van der Waals surface area contributed by atoms with Gasteiger partial charge in [-0.05, 0) is 59.0 Å². The summed E-state index contributed by atoms with van der Waals surface area (Å²) in [5, 5.41) is 6.22. The number of halogens is 2. The van der Waals surface area contributed by atoms with Gasteiger partial charge in [0.05, 0.1) is 22.6 Å². The summed E-state index contributed by atoms with van der Waals surface area (Å²) in [6.45, 7) is 0. The van der Waals surface area contributed by atoms with Crippen LogP contribution in [0.3, 0.4) is 0 Å². The number of nitrogens with zero attached hydrogens (tertiary/aromatic N) is 3. The molecule has 2 N–H and O–H groups in total. The molecule has 0 radical (unpaired) electrons. The van der Waals surface area contributed by atoms with Gasteiger partial charge in [-0.15, -0.1) is 0 Å². The zero-order valence-corrected chi connectivity index (χ0v) is 14.8. The van der Waals surface area contributed by atoms with Gasteiger partial charge >= 0.3 is 0 Å². The molecule has 0 aliphatic heterocycles. The molecule has 3 rings (SSSR count). The number of anilines is 4. The lowest BCUT2D eigenvalue weighted by atomic mass is 10.3. The molecule has 8 heteroatoms. The molecule has 1 aromatic carbocycles. The van der Waals surface area contributed by atoms with E-state index in [-0.39, 0.29) is 0 Å². The first-order valence-electron chi connectivity index (χ1n) is 6.96. The third kappa shape index (κ3) is 4.07. The Morgan fingerprint density at radius 3 is 2.38 bits per heavy atom. The van der Waals surface area contributed by atoms with Gasteiger partial charge in [-0.2, -0.15) is 9.37 Å². The van der Waals surface area contributed by atoms with E-state index in [1.54, 1.807) is 19.4 Å². The summed E-state index contributed by atoms with van der Waals surface area (Å²) < 4.78 is 18.9. The molecule has 0 aliphatic carbocycles. The van der Waals surface area contributed by atoms with Crippen molar-refractivity contribution in [2.24, 2.45) is 0 Å². The maximum atomic E-state index is 12.8. The van der Waals surface area contributed by atoms with E-state index in [0.717, 1.165) is 15.0 Å². The fourth-order valence-electron chi connectivity index (χ4n) is 1.90. The van der Waals surface area contributed by atoms with Crippen molar-refractivity contribution in [3.63, 3.8) is 0 Å². The average Bonchev–Trinajstić information content (AvgIpc) is 2.60. The first-order valence-corrected chi connectivity index (χ1v) is 8.04. The summed E-state index contributed by atoms with van der Waals surface area (Å²) in [6, 6.07) is 10.4. The van der Waals surface area contributed by atoms with Gasteiger partial charge in [0, 0.05) is 11.9 Å². The van der Waals surface area contributed by atoms with Gasteiger partial charge in [-0.3, -0.25) is 0 Å². The summed E-state index contributed by atoms with van der Waals surface area (Å²) in [5.74, 6) is 1.29. The second-order valence-electron chi connectivity index (χ2n) is 4.74. The number of hydrogen-bond acceptors (Lipinski definition) is 6. The van der Waals surface area contributed by atoms with Crippen molar-refractivity contribution >= 4 is 45.7 Å². The van der Waals surface area contributed by atoms with Crippen LogP contribution < -0.4 is 15.4 Å². The summed E-state index contributed by atoms with van der Waals surface area (Å²) in [5.41, 5.74) is 1.48. The van der Waals surface area contributed by atoms with Crippen molar-refractivity contribution in [2.45, 2.75) is 0 Å². The highest BCUT2D eigenvalue weighted by Gasteiger charge is 2.07. The highest BCUT2D eigenvalue weighted by atomic mass is 127. The molecule has 122 valence electrons. The molecule has 24 heavy (non-hydrogen) atoms. The maximum absolute atomic E-state index is 12.8. The largest absolute Gasteiger partial charge is 0.497 e. The molecule has 0 spiro atoms. The molecule has 0 fully saturated rings. The van der Waals surface area contributed by atoms with E-state index in [4.69, 9.17) is 4.74 Å². The molecule has 0 saturated carbocycles. The van der Waals surface area contributed by atoms with E-state index in [0.29, 0.717) is 17.5 Å². The monoisotopic (exact) mass is 437 g/mol. The molecule has 2 heterocycles. The predicted octanol–water partition coefficient (Wildman–Crippen LogP) is 4.11. The third-order valence-electron chi connectivity index (χ3n) is 3.08. The number of aromatic nitrogens is 3. The number of pyridine rings is 1. The highest BCUT2D eigenvalue weighted by Crippen LogP contribution is 2.23. The van der Waals surface area contributed by atoms with Crippen LogP contribution in [0.25, 0.3) is 0 Å². The summed E-state index contributed by atoms with van der Waals surface area (Å²) >= 11 is 2.15. The van der Waals surface area contributed by atoms with Crippen molar-refractivity contribution in [3.05, 3.63) is 58.3 Å². The number of ether oxygens (including phenoxy) is 1. The summed E-state index contributed by atoms with van der Waals surface area (Å²) in [7, 11) is 1.62. The van der Waals surface area contributed by atoms with Crippen LogP contribution >= 0.6 is 22.6 Å². The Morgan fingerprint density at radius 1 is 0.958 bits per heavy atom. The maximum Gasteiger partial charge on any atom is 0.229 e. The van der Waals surface area contributed by atoms with Gasteiger partial charge in [-0.1, -0.05) is 0 Å². The first kappa shape index (κ1) is 16.4. The van der Waals surface area contributed by atoms with Gasteiger partial charge in [0.2, 0.25) is 11.9 Å². The predicted molar refractivity (Wildman–Crippen MR) is 98.5 cm³/mol. The standard InChI is InChI=1S/C16H13FIN5O/c1-24-12-5-2-10(3-6-12)21-15-13(18)9-20-16(23-15)22-11-4-7-14(17)19-8-11/h2-9H,1H3,(H2,20,21,22,23). The van der Waals surface area contributed by atoms with Crippen molar-refractivity contribution in [1.29, 1.82) is 0 Å². The molecule has 6 nitrogen and oxygen atoms in total. The van der Waals surface area contributed by atoms with Crippen LogP contribution in [0.2, 0.25) is 0 Å². The van der Waals surface area contributed by atoms with E-state index in [9.17, 15) is 4.39 Å². The molecular weight excluding hydrogens is 424 g/mol. The molecule has 0 aliphatic rings. The Kier molecular flexibility index (Phi) is 5.04. The minimum atomic E-state index is -0.536. The molecule has 0 atom stereocenters. The highest BCUT2D eigenvalue weighted by molar-refractivity contribution is 14.1. The number of benzene rings is 1. The van der Waals surface area contributed by atoms with E-state index < -0.39 is 5.95 Å². The minimum absolute atomic E-state index is 0.389. The molecule has 0 bridgehead atoms. The topological polar surface area (TPSA) is 72.0 Å². The van der Waals surface area contributed by atoms with E-state index in [1.807, 2.05) is 24.3 Å². The Balaban J connectivity index is 1.78. The Morgan fingerprint density at radius 2 is 1.71 bits per heavy atom. The Hall–Kier alpha value is -2.49. The van der Waals surface area contributed by atoms with Crippen molar-refractivity contribution in [2.75, 3.05) is 17.7 Å². The van der Waals surface area contributed by atoms with Gasteiger partial charge < -0.3 is 15.4 Å². The zero-order valence-electron chi connectivity index (χ0n) is 12.6. The van der Waals surface area contributed by atoms with Crippen LogP contribution in [0, 0.1) is 9.52 Å². The molecule has 3 aromatic rings. The van der Waals surface area contributed by atoms with Crippen LogP contribution in [-0.4, -0.2) is 22.1 Å². The van der Waals surface area contributed by atoms with Crippen molar-refractivity contribution in [1.82, 2.24) is 15.0 Å². The van der Waals surface area contributed by atoms with Gasteiger partial charge in [0.25, 0.3) is 0 Å². The smallest absolute Gasteiger partial charge is 0.229 e. The normalized spacial score (nSPS) is 10.3. The first-order chi connectivity index (χ1) is 11.6. The molecule has 2 aromatic heterocycles. The van der Waals surface area contributed by atoms with Crippen LogP contribution in [0.5, 0.6) is 5.75 Å². The number of nitrogens with one attached hydrogen (secondary N) is 2. The third-order valence-corrected chi connectivity index (χ3v) is 3.87. The quantitative estimate of drug-likeness (QED) is 0.463. The van der Waals surface area contributed by atoms with Gasteiger partial charge in [0.1, 0.15) is 11.6 Å². The minimum Gasteiger partial charge on any atom is -0.497 e. The van der Waals surface area contributed by atoms with Crippen molar-refractivity contribution in [3.8, 4) is 5.75 Å². The average molecular weight is 437 g/mol. The van der Waals surface area contributed by atoms with Crippen molar-refractivity contribution < 1.29 is 9.13 Å². The molecule has 0 saturated heterocycles. The Bertz CT molecular complexity index is 827. The summed E-state index contributed by atoms with van der Waals surface area (Å²) in [6.07, 6.45) is 3.08. The molecule has 0 amide bonds. The van der Waals surface area contributed by atoms with E-state index in [2.05, 4.69) is 48.2 Å². The van der Waals surface area contributed by atoms with Crippen LogP contribution in [0.4, 0.5) is 27.5 Å². The molecular formula is C16H13FIN5O. The lowest BCUT2D eigenvalue weighted by Gasteiger charge is -2.10. The zero-order chi connectivity index (χ0) is 16.9. The second kappa shape index (κ2) is 7.39. The second-order valence-corrected chi connectivity index (χ2v) is 5.90. The van der Waals surface area contributed by atoms with Gasteiger partial charge in [0.15, 0.2) is 0 Å². The van der Waals surface area contributed by atoms with E-state index >= 15 is 0 Å². The number of hydrogen-bond donors (Lipinski definition) is 2. The SMILES string of the molecule is COc1ccc(Nc2nc(Nc3ccc(F)nc3)ncc2I)cc1. The molecule has 0 unspecified atom stereocenters. The lowest BCUT2D eigenvalue weighted by molar-refractivity contribution is 0.415. The fraction of sp³-hybridized carbons (Fsp3) is 0.0625. The Labute approximate surface area is 151 Å². The lowest BCUT2D eigenvalue weighted by Crippen LogP contribution is -2.03. The van der Waals surface area contributed by atoms with Crippen LogP contribution in [0.15, 0.2) is 48.8 Å². The number of rotatable bonds is 5. The van der Waals surface area contributed by atoms with Crippen LogP contribution in [0.1, 0.15) is 0 Å². The van der Waals surface area contributed by atoms with Crippen LogP contribution in [-0.2, 0) is 0 Å². The fourth-order valence-corrected chi connectivity index (χ4v) is 2.30. The number of methoxy groups -OCH3 is 1. The van der Waals surface area contributed by atoms with E-state index in [1.165, 1.54) is 12.3 Å².